The molecule has 1 aromatic heterocycles. The minimum atomic E-state index is -0.325. The van der Waals surface area contributed by atoms with E-state index in [9.17, 15) is 9.59 Å². The first-order chi connectivity index (χ1) is 11.8. The lowest BCUT2D eigenvalue weighted by atomic mass is 9.86. The molecule has 25 heavy (non-hydrogen) atoms. The summed E-state index contributed by atoms with van der Waals surface area (Å²) in [5.74, 6) is -0.256. The van der Waals surface area contributed by atoms with E-state index in [0.717, 1.165) is 5.56 Å². The Kier molecular flexibility index (Phi) is 4.21. The highest BCUT2D eigenvalue weighted by Crippen LogP contribution is 2.23. The van der Waals surface area contributed by atoms with E-state index in [1.807, 2.05) is 42.5 Å². The lowest BCUT2D eigenvalue weighted by Crippen LogP contribution is -2.21. The van der Waals surface area contributed by atoms with Gasteiger partial charge in [0.1, 0.15) is 5.56 Å². The summed E-state index contributed by atoms with van der Waals surface area (Å²) >= 11 is 0. The van der Waals surface area contributed by atoms with Crippen LogP contribution in [0.2, 0.25) is 0 Å². The number of carbonyl (C=O) groups is 1. The summed E-state index contributed by atoms with van der Waals surface area (Å²) in [4.78, 5) is 25.6. The molecule has 0 fully saturated rings. The van der Waals surface area contributed by atoms with E-state index in [0.29, 0.717) is 16.9 Å². The zero-order valence-electron chi connectivity index (χ0n) is 15.0. The summed E-state index contributed by atoms with van der Waals surface area (Å²) in [7, 11) is 0. The maximum atomic E-state index is 12.9. The molecular formula is C21H22N2O2. The summed E-state index contributed by atoms with van der Waals surface area (Å²) in [6, 6.07) is 16.7. The average Bonchev–Trinajstić information content (AvgIpc) is 2.89. The average molecular weight is 334 g/mol. The fourth-order valence-corrected chi connectivity index (χ4v) is 2.84. The number of ketones is 1. The summed E-state index contributed by atoms with van der Waals surface area (Å²) in [6.07, 6.45) is 0. The fraction of sp³-hybridized carbons (Fsp3) is 0.238. The van der Waals surface area contributed by atoms with Gasteiger partial charge in [0.15, 0.2) is 5.78 Å². The van der Waals surface area contributed by atoms with E-state index in [-0.39, 0.29) is 22.3 Å². The van der Waals surface area contributed by atoms with Gasteiger partial charge in [-0.05, 0) is 30.0 Å². The van der Waals surface area contributed by atoms with Gasteiger partial charge < -0.3 is 0 Å². The predicted molar refractivity (Wildman–Crippen MR) is 99.7 cm³/mol. The fourth-order valence-electron chi connectivity index (χ4n) is 2.84. The number of rotatable bonds is 3. The third kappa shape index (κ3) is 3.20. The SMILES string of the molecule is Cc1[nH]n(-c2ccccc2)c(=O)c1C(=O)c1ccc(C(C)(C)C)cc1. The molecule has 0 atom stereocenters. The Morgan fingerprint density at radius 1 is 0.960 bits per heavy atom. The van der Waals surface area contributed by atoms with Crippen molar-refractivity contribution in [3.8, 4) is 5.69 Å². The highest BCUT2D eigenvalue weighted by molar-refractivity contribution is 6.09. The number of aryl methyl sites for hydroxylation is 1. The Hall–Kier alpha value is -2.88. The number of carbonyl (C=O) groups excluding carboxylic acids is 1. The van der Waals surface area contributed by atoms with E-state index < -0.39 is 0 Å². The molecule has 1 heterocycles. The van der Waals surface area contributed by atoms with E-state index >= 15 is 0 Å². The van der Waals surface area contributed by atoms with Crippen LogP contribution in [0.1, 0.15) is 48.0 Å². The van der Waals surface area contributed by atoms with Crippen LogP contribution in [0.3, 0.4) is 0 Å². The number of H-pyrrole nitrogens is 1. The molecule has 0 spiro atoms. The molecule has 3 aromatic rings. The van der Waals surface area contributed by atoms with Crippen LogP contribution in [0.25, 0.3) is 5.69 Å². The van der Waals surface area contributed by atoms with Crippen molar-refractivity contribution in [1.82, 2.24) is 9.78 Å². The van der Waals surface area contributed by atoms with E-state index in [2.05, 4.69) is 25.9 Å². The van der Waals surface area contributed by atoms with E-state index in [4.69, 9.17) is 0 Å². The smallest absolute Gasteiger partial charge is 0.282 e. The van der Waals surface area contributed by atoms with Crippen LogP contribution >= 0.6 is 0 Å². The maximum Gasteiger partial charge on any atom is 0.282 e. The van der Waals surface area contributed by atoms with Gasteiger partial charge in [0, 0.05) is 11.3 Å². The highest BCUT2D eigenvalue weighted by atomic mass is 16.2. The van der Waals surface area contributed by atoms with Gasteiger partial charge in [-0.25, -0.2) is 4.68 Å². The van der Waals surface area contributed by atoms with Gasteiger partial charge in [0.05, 0.1) is 5.69 Å². The van der Waals surface area contributed by atoms with Crippen LogP contribution < -0.4 is 5.56 Å². The molecule has 0 saturated carbocycles. The Morgan fingerprint density at radius 3 is 2.12 bits per heavy atom. The Bertz CT molecular complexity index is 956. The van der Waals surface area contributed by atoms with Crippen molar-refractivity contribution in [1.29, 1.82) is 0 Å². The van der Waals surface area contributed by atoms with Gasteiger partial charge in [-0.15, -0.1) is 0 Å². The molecule has 3 rings (SSSR count). The number of para-hydroxylation sites is 1. The van der Waals surface area contributed by atoms with Gasteiger partial charge in [-0.1, -0.05) is 63.2 Å². The van der Waals surface area contributed by atoms with Crippen molar-refractivity contribution in [3.63, 3.8) is 0 Å². The van der Waals surface area contributed by atoms with Gasteiger partial charge in [-0.3, -0.25) is 14.7 Å². The first-order valence-corrected chi connectivity index (χ1v) is 8.31. The van der Waals surface area contributed by atoms with Crippen molar-refractivity contribution >= 4 is 5.78 Å². The maximum absolute atomic E-state index is 12.9. The largest absolute Gasteiger partial charge is 0.295 e. The van der Waals surface area contributed by atoms with Crippen molar-refractivity contribution in [2.45, 2.75) is 33.1 Å². The Morgan fingerprint density at radius 2 is 1.56 bits per heavy atom. The molecule has 0 aliphatic carbocycles. The van der Waals surface area contributed by atoms with Gasteiger partial charge in [0.2, 0.25) is 0 Å². The molecule has 0 amide bonds. The lowest BCUT2D eigenvalue weighted by Gasteiger charge is -2.18. The first-order valence-electron chi connectivity index (χ1n) is 8.31. The second-order valence-electron chi connectivity index (χ2n) is 7.24. The lowest BCUT2D eigenvalue weighted by molar-refractivity contribution is 0.103. The Balaban J connectivity index is 2.01. The van der Waals surface area contributed by atoms with Crippen LogP contribution in [0.4, 0.5) is 0 Å². The highest BCUT2D eigenvalue weighted by Gasteiger charge is 2.21. The summed E-state index contributed by atoms with van der Waals surface area (Å²) in [5.41, 5.74) is 2.83. The zero-order valence-corrected chi connectivity index (χ0v) is 15.0. The van der Waals surface area contributed by atoms with Crippen LogP contribution in [0.5, 0.6) is 0 Å². The van der Waals surface area contributed by atoms with E-state index in [1.165, 1.54) is 4.68 Å². The second-order valence-corrected chi connectivity index (χ2v) is 7.24. The minimum absolute atomic E-state index is 0.0194. The normalized spacial score (nSPS) is 11.5. The van der Waals surface area contributed by atoms with Crippen molar-refractivity contribution in [2.24, 2.45) is 0 Å². The summed E-state index contributed by atoms with van der Waals surface area (Å²) < 4.78 is 1.41. The number of hydrogen-bond acceptors (Lipinski definition) is 2. The third-order valence-corrected chi connectivity index (χ3v) is 4.33. The van der Waals surface area contributed by atoms with Crippen LogP contribution in [0, 0.1) is 6.92 Å². The summed E-state index contributed by atoms with van der Waals surface area (Å²) in [5, 5.41) is 3.00. The molecular weight excluding hydrogens is 312 g/mol. The molecule has 128 valence electrons. The van der Waals surface area contributed by atoms with Crippen molar-refractivity contribution in [2.75, 3.05) is 0 Å². The van der Waals surface area contributed by atoms with Gasteiger partial charge >= 0.3 is 0 Å². The topological polar surface area (TPSA) is 54.9 Å². The van der Waals surface area contributed by atoms with Crippen molar-refractivity contribution in [3.05, 3.63) is 87.3 Å². The molecule has 4 nitrogen and oxygen atoms in total. The molecule has 0 aliphatic heterocycles. The zero-order chi connectivity index (χ0) is 18.2. The summed E-state index contributed by atoms with van der Waals surface area (Å²) in [6.45, 7) is 8.12. The molecule has 0 bridgehead atoms. The Labute approximate surface area is 147 Å². The predicted octanol–water partition coefficient (Wildman–Crippen LogP) is 4.00. The molecule has 0 radical (unpaired) electrons. The second kappa shape index (κ2) is 6.20. The first kappa shape index (κ1) is 17.0. The standard InChI is InChI=1S/C21H22N2O2/c1-14-18(20(25)23(22-14)17-8-6-5-7-9-17)19(24)15-10-12-16(13-11-15)21(2,3)4/h5-13,22H,1-4H3. The number of nitrogens with zero attached hydrogens (tertiary/aromatic N) is 1. The number of aromatic nitrogens is 2. The van der Waals surface area contributed by atoms with Crippen molar-refractivity contribution < 1.29 is 4.79 Å². The molecule has 0 aliphatic rings. The monoisotopic (exact) mass is 334 g/mol. The van der Waals surface area contributed by atoms with E-state index in [1.54, 1.807) is 19.1 Å². The van der Waals surface area contributed by atoms with Crippen LogP contribution in [-0.2, 0) is 5.41 Å². The molecule has 4 heteroatoms. The quantitative estimate of drug-likeness (QED) is 0.736. The van der Waals surface area contributed by atoms with Crippen LogP contribution in [-0.4, -0.2) is 15.6 Å². The number of aromatic amines is 1. The molecule has 0 unspecified atom stereocenters. The molecule has 1 N–H and O–H groups in total. The van der Waals surface area contributed by atoms with Gasteiger partial charge in [-0.2, -0.15) is 0 Å². The number of nitrogens with one attached hydrogen (secondary N) is 1. The van der Waals surface area contributed by atoms with Crippen LogP contribution in [0.15, 0.2) is 59.4 Å². The number of hydrogen-bond donors (Lipinski definition) is 1. The molecule has 2 aromatic carbocycles. The number of benzene rings is 2. The third-order valence-electron chi connectivity index (χ3n) is 4.33. The minimum Gasteiger partial charge on any atom is -0.295 e. The molecule has 0 saturated heterocycles. The van der Waals surface area contributed by atoms with Gasteiger partial charge in [0.25, 0.3) is 5.56 Å².